The number of halogens is 3. The van der Waals surface area contributed by atoms with Crippen LogP contribution in [0, 0.1) is 0 Å². The van der Waals surface area contributed by atoms with Gasteiger partial charge < -0.3 is 19.1 Å². The van der Waals surface area contributed by atoms with Crippen LogP contribution in [0.2, 0.25) is 5.02 Å². The Morgan fingerprint density at radius 1 is 1.28 bits per heavy atom. The zero-order valence-electron chi connectivity index (χ0n) is 16.0. The Morgan fingerprint density at radius 2 is 1.97 bits per heavy atom. The minimum absolute atomic E-state index is 0.0294. The van der Waals surface area contributed by atoms with Crippen molar-refractivity contribution in [2.24, 2.45) is 0 Å². The number of amides is 1. The number of methoxy groups -OCH3 is 2. The van der Waals surface area contributed by atoms with Crippen molar-refractivity contribution in [1.29, 1.82) is 0 Å². The highest BCUT2D eigenvalue weighted by Gasteiger charge is 2.33. The molecule has 0 spiro atoms. The summed E-state index contributed by atoms with van der Waals surface area (Å²) in [5.74, 6) is 0.883. The molecule has 0 radical (unpaired) electrons. The van der Waals surface area contributed by atoms with E-state index in [0.29, 0.717) is 23.5 Å². The fraction of sp³-hybridized carbons (Fsp3) is 0.400. The largest absolute Gasteiger partial charge is 0.496 e. The van der Waals surface area contributed by atoms with Crippen LogP contribution < -0.4 is 14.2 Å². The normalized spacial score (nSPS) is 16.8. The molecule has 1 aliphatic heterocycles. The number of carbonyl (C=O) groups excluding carboxylic acids is 1. The zero-order valence-corrected chi connectivity index (χ0v) is 16.8. The van der Waals surface area contributed by atoms with Crippen molar-refractivity contribution in [3.63, 3.8) is 0 Å². The molecule has 3 rings (SSSR count). The van der Waals surface area contributed by atoms with Gasteiger partial charge in [0.1, 0.15) is 16.5 Å². The zero-order chi connectivity index (χ0) is 21.0. The first-order valence-electron chi connectivity index (χ1n) is 9.04. The number of hydrogen-bond donors (Lipinski definition) is 0. The summed E-state index contributed by atoms with van der Waals surface area (Å²) in [6, 6.07) is 6.68. The molecule has 2 aromatic rings. The lowest BCUT2D eigenvalue weighted by atomic mass is 9.93. The molecule has 1 aromatic carbocycles. The molecule has 1 amide bonds. The van der Waals surface area contributed by atoms with Gasteiger partial charge in [0.05, 0.1) is 25.8 Å². The summed E-state index contributed by atoms with van der Waals surface area (Å²) in [7, 11) is 3.14. The fourth-order valence-electron chi connectivity index (χ4n) is 3.55. The van der Waals surface area contributed by atoms with Gasteiger partial charge in [0.15, 0.2) is 0 Å². The van der Waals surface area contributed by atoms with Gasteiger partial charge in [0, 0.05) is 19.2 Å². The highest BCUT2D eigenvalue weighted by atomic mass is 35.5. The Balaban J connectivity index is 1.93. The lowest BCUT2D eigenvalue weighted by molar-refractivity contribution is -0.137. The lowest BCUT2D eigenvalue weighted by Crippen LogP contribution is -2.38. The molecule has 9 heteroatoms. The summed E-state index contributed by atoms with van der Waals surface area (Å²) in [4.78, 5) is 18.3. The fourth-order valence-corrected chi connectivity index (χ4v) is 3.78. The van der Waals surface area contributed by atoms with Crippen LogP contribution in [-0.2, 0) is 11.3 Å². The summed E-state index contributed by atoms with van der Waals surface area (Å²) in [5.41, 5.74) is 1.40. The van der Waals surface area contributed by atoms with Crippen LogP contribution in [0.3, 0.4) is 0 Å². The van der Waals surface area contributed by atoms with Crippen molar-refractivity contribution in [1.82, 2.24) is 9.88 Å². The topological polar surface area (TPSA) is 60.9 Å². The van der Waals surface area contributed by atoms with E-state index in [1.807, 2.05) is 18.2 Å². The van der Waals surface area contributed by atoms with Gasteiger partial charge in [-0.15, -0.1) is 0 Å². The van der Waals surface area contributed by atoms with E-state index in [2.05, 4.69) is 9.72 Å². The van der Waals surface area contributed by atoms with Crippen molar-refractivity contribution in [2.45, 2.75) is 38.5 Å². The Labute approximate surface area is 172 Å². The van der Waals surface area contributed by atoms with Crippen LogP contribution in [0.1, 0.15) is 36.4 Å². The quantitative estimate of drug-likeness (QED) is 0.647. The molecule has 2 heterocycles. The Hall–Kier alpha value is -2.61. The van der Waals surface area contributed by atoms with Gasteiger partial charge in [0.2, 0.25) is 11.8 Å². The summed E-state index contributed by atoms with van der Waals surface area (Å²) < 4.78 is 40.1. The predicted molar refractivity (Wildman–Crippen MR) is 103 cm³/mol. The number of hydrogen-bond acceptors (Lipinski definition) is 5. The summed E-state index contributed by atoms with van der Waals surface area (Å²) in [6.07, 6.45) is 3.27. The first kappa shape index (κ1) is 21.1. The van der Waals surface area contributed by atoms with Crippen LogP contribution in [0.4, 0.5) is 8.78 Å². The van der Waals surface area contributed by atoms with Crippen molar-refractivity contribution >= 4 is 17.5 Å². The highest BCUT2D eigenvalue weighted by molar-refractivity contribution is 6.31. The molecule has 156 valence electrons. The summed E-state index contributed by atoms with van der Waals surface area (Å²) in [5, 5.41) is -0.0429. The lowest BCUT2D eigenvalue weighted by Gasteiger charge is -2.37. The van der Waals surface area contributed by atoms with E-state index in [1.165, 1.54) is 12.3 Å². The Kier molecular flexibility index (Phi) is 6.74. The minimum atomic E-state index is -3.02. The van der Waals surface area contributed by atoms with Crippen molar-refractivity contribution in [2.75, 3.05) is 14.2 Å². The summed E-state index contributed by atoms with van der Waals surface area (Å²) >= 11 is 6.01. The van der Waals surface area contributed by atoms with Crippen molar-refractivity contribution < 1.29 is 27.8 Å². The predicted octanol–water partition coefficient (Wildman–Crippen LogP) is 4.61. The molecule has 29 heavy (non-hydrogen) atoms. The molecule has 0 N–H and O–H groups in total. The number of nitrogens with zero attached hydrogens (tertiary/aromatic N) is 2. The molecule has 0 saturated carbocycles. The second-order valence-corrected chi connectivity index (χ2v) is 6.92. The van der Waals surface area contributed by atoms with E-state index in [4.69, 9.17) is 21.1 Å². The molecule has 0 aliphatic carbocycles. The van der Waals surface area contributed by atoms with Gasteiger partial charge in [-0.05, 0) is 36.6 Å². The number of rotatable bonds is 7. The maximum Gasteiger partial charge on any atom is 0.388 e. The minimum Gasteiger partial charge on any atom is -0.496 e. The Bertz CT molecular complexity index is 859. The van der Waals surface area contributed by atoms with Crippen LogP contribution in [0.15, 0.2) is 30.5 Å². The first-order valence-corrected chi connectivity index (χ1v) is 9.42. The third-order valence-corrected chi connectivity index (χ3v) is 5.05. The second-order valence-electron chi connectivity index (χ2n) is 6.51. The molecule has 1 aromatic heterocycles. The number of pyridine rings is 1. The SMILES string of the molecule is COc1cccc(OC)c1C1CCCC(=O)N1Cc1cnc(OC(F)F)c(Cl)c1. The van der Waals surface area contributed by atoms with Gasteiger partial charge in [0.25, 0.3) is 0 Å². The van der Waals surface area contributed by atoms with Crippen molar-refractivity contribution in [3.05, 3.63) is 46.6 Å². The molecule has 6 nitrogen and oxygen atoms in total. The molecule has 0 bridgehead atoms. The standard InChI is InChI=1S/C20H21ClF2N2O4/c1-27-15-6-4-7-16(28-2)18(15)14-5-3-8-17(26)25(14)11-12-9-13(21)19(24-10-12)29-20(22)23/h4,6-7,9-10,14,20H,3,5,8,11H2,1-2H3. The number of alkyl halides is 2. The summed E-state index contributed by atoms with van der Waals surface area (Å²) in [6.45, 7) is -2.80. The molecule has 1 unspecified atom stereocenters. The van der Waals surface area contributed by atoms with Gasteiger partial charge in [-0.25, -0.2) is 4.98 Å². The number of piperidine rings is 1. The van der Waals surface area contributed by atoms with E-state index >= 15 is 0 Å². The van der Waals surface area contributed by atoms with Crippen LogP contribution in [-0.4, -0.2) is 36.6 Å². The number of carbonyl (C=O) groups is 1. The van der Waals surface area contributed by atoms with Crippen LogP contribution >= 0.6 is 11.6 Å². The average Bonchev–Trinajstić information content (AvgIpc) is 2.70. The van der Waals surface area contributed by atoms with Gasteiger partial charge in [-0.1, -0.05) is 17.7 Å². The molecular formula is C20H21ClF2N2O4. The van der Waals surface area contributed by atoms with E-state index in [0.717, 1.165) is 18.4 Å². The van der Waals surface area contributed by atoms with Crippen LogP contribution in [0.25, 0.3) is 0 Å². The van der Waals surface area contributed by atoms with Crippen LogP contribution in [0.5, 0.6) is 17.4 Å². The molecular weight excluding hydrogens is 406 g/mol. The number of benzene rings is 1. The maximum atomic E-state index is 12.7. The third kappa shape index (κ3) is 4.70. The molecule has 1 atom stereocenters. The monoisotopic (exact) mass is 426 g/mol. The average molecular weight is 427 g/mol. The number of ether oxygens (including phenoxy) is 3. The van der Waals surface area contributed by atoms with E-state index < -0.39 is 6.61 Å². The number of aromatic nitrogens is 1. The Morgan fingerprint density at radius 3 is 2.55 bits per heavy atom. The molecule has 1 aliphatic rings. The molecule has 1 fully saturated rings. The maximum absolute atomic E-state index is 12.7. The number of likely N-dealkylation sites (tertiary alicyclic amines) is 1. The smallest absolute Gasteiger partial charge is 0.388 e. The van der Waals surface area contributed by atoms with E-state index in [-0.39, 0.29) is 29.4 Å². The van der Waals surface area contributed by atoms with Gasteiger partial charge in [-0.3, -0.25) is 4.79 Å². The van der Waals surface area contributed by atoms with Gasteiger partial charge in [-0.2, -0.15) is 8.78 Å². The van der Waals surface area contributed by atoms with E-state index in [9.17, 15) is 13.6 Å². The van der Waals surface area contributed by atoms with E-state index in [1.54, 1.807) is 19.1 Å². The van der Waals surface area contributed by atoms with Gasteiger partial charge >= 0.3 is 6.61 Å². The third-order valence-electron chi connectivity index (χ3n) is 4.78. The second kappa shape index (κ2) is 9.26. The van der Waals surface area contributed by atoms with Crippen molar-refractivity contribution in [3.8, 4) is 17.4 Å². The first-order chi connectivity index (χ1) is 13.9. The highest BCUT2D eigenvalue weighted by Crippen LogP contribution is 2.42. The molecule has 1 saturated heterocycles.